The molecule has 0 radical (unpaired) electrons. The van der Waals surface area contributed by atoms with E-state index < -0.39 is 0 Å². The molecule has 1 heterocycles. The van der Waals surface area contributed by atoms with E-state index in [4.69, 9.17) is 15.2 Å². The van der Waals surface area contributed by atoms with Crippen molar-refractivity contribution < 1.29 is 14.3 Å². The first kappa shape index (κ1) is 14.4. The van der Waals surface area contributed by atoms with Gasteiger partial charge in [-0.3, -0.25) is 4.79 Å². The van der Waals surface area contributed by atoms with Crippen molar-refractivity contribution in [3.05, 3.63) is 30.9 Å². The smallest absolute Gasteiger partial charge is 0.311 e. The van der Waals surface area contributed by atoms with Crippen molar-refractivity contribution in [3.63, 3.8) is 0 Å². The molecule has 1 aliphatic rings. The third kappa shape index (κ3) is 3.74. The van der Waals surface area contributed by atoms with Crippen molar-refractivity contribution in [2.45, 2.75) is 12.8 Å². The van der Waals surface area contributed by atoms with Gasteiger partial charge in [-0.15, -0.1) is 6.58 Å². The lowest BCUT2D eigenvalue weighted by Crippen LogP contribution is -2.36. The highest BCUT2D eigenvalue weighted by Crippen LogP contribution is 2.31. The number of esters is 1. The molecule has 2 N–H and O–H groups in total. The molecule has 1 saturated heterocycles. The zero-order valence-electron chi connectivity index (χ0n) is 11.5. The van der Waals surface area contributed by atoms with Crippen LogP contribution in [0, 0.1) is 0 Å². The van der Waals surface area contributed by atoms with E-state index in [2.05, 4.69) is 11.5 Å². The Hall–Kier alpha value is -2.01. The molecule has 0 bridgehead atoms. The molecule has 0 unspecified atom stereocenters. The number of carbonyl (C=O) groups excluding carboxylic acids is 1. The number of nitrogens with two attached hydrogens (primary N) is 1. The molecule has 5 nitrogen and oxygen atoms in total. The number of morpholine rings is 1. The molecule has 0 aliphatic carbocycles. The van der Waals surface area contributed by atoms with Crippen LogP contribution in [0.5, 0.6) is 5.75 Å². The van der Waals surface area contributed by atoms with E-state index in [0.29, 0.717) is 37.5 Å². The van der Waals surface area contributed by atoms with Crippen LogP contribution in [0.15, 0.2) is 30.9 Å². The highest BCUT2D eigenvalue weighted by atomic mass is 16.5. The number of allylic oxidation sites excluding steroid dienone is 1. The van der Waals surface area contributed by atoms with Crippen LogP contribution in [0.2, 0.25) is 0 Å². The van der Waals surface area contributed by atoms with Gasteiger partial charge >= 0.3 is 5.97 Å². The summed E-state index contributed by atoms with van der Waals surface area (Å²) in [5.41, 5.74) is 7.24. The Morgan fingerprint density at radius 1 is 1.45 bits per heavy atom. The van der Waals surface area contributed by atoms with Crippen molar-refractivity contribution in [1.29, 1.82) is 0 Å². The van der Waals surface area contributed by atoms with E-state index in [1.165, 1.54) is 0 Å². The van der Waals surface area contributed by atoms with Gasteiger partial charge in [-0.25, -0.2) is 0 Å². The molecule has 2 rings (SSSR count). The van der Waals surface area contributed by atoms with Crippen LogP contribution < -0.4 is 15.4 Å². The van der Waals surface area contributed by atoms with E-state index in [1.807, 2.05) is 12.1 Å². The number of carbonyl (C=O) groups is 1. The average Bonchev–Trinajstić information content (AvgIpc) is 2.46. The summed E-state index contributed by atoms with van der Waals surface area (Å²) in [5, 5.41) is 0. The molecular formula is C15H20N2O3. The Bertz CT molecular complexity index is 482. The normalized spacial score (nSPS) is 14.9. The van der Waals surface area contributed by atoms with Crippen molar-refractivity contribution in [2.24, 2.45) is 0 Å². The van der Waals surface area contributed by atoms with Gasteiger partial charge in [0.05, 0.1) is 18.9 Å². The molecule has 1 aliphatic heterocycles. The molecular weight excluding hydrogens is 256 g/mol. The van der Waals surface area contributed by atoms with E-state index in [0.717, 1.165) is 18.8 Å². The Balaban J connectivity index is 2.14. The predicted octanol–water partition coefficient (Wildman–Crippen LogP) is 1.98. The maximum Gasteiger partial charge on any atom is 0.311 e. The minimum atomic E-state index is -0.273. The van der Waals surface area contributed by atoms with Gasteiger partial charge in [0, 0.05) is 31.3 Å². The number of benzene rings is 1. The first-order valence-electron chi connectivity index (χ1n) is 6.74. The summed E-state index contributed by atoms with van der Waals surface area (Å²) in [6.45, 7) is 6.50. The van der Waals surface area contributed by atoms with Gasteiger partial charge in [0.25, 0.3) is 0 Å². The number of anilines is 2. The highest BCUT2D eigenvalue weighted by molar-refractivity contribution is 5.76. The topological polar surface area (TPSA) is 64.8 Å². The standard InChI is InChI=1S/C15H20N2O3/c1-2-3-4-15(18)20-14-11-12(16)5-6-13(14)17-7-9-19-10-8-17/h2,5-6,11H,1,3-4,7-10,16H2. The molecule has 0 aromatic heterocycles. The van der Waals surface area contributed by atoms with Crippen molar-refractivity contribution in [1.82, 2.24) is 0 Å². The minimum Gasteiger partial charge on any atom is -0.424 e. The molecule has 20 heavy (non-hydrogen) atoms. The molecule has 0 amide bonds. The molecule has 1 fully saturated rings. The van der Waals surface area contributed by atoms with Crippen LogP contribution in [-0.4, -0.2) is 32.3 Å². The lowest BCUT2D eigenvalue weighted by atomic mass is 10.2. The van der Waals surface area contributed by atoms with Crippen LogP contribution in [-0.2, 0) is 9.53 Å². The van der Waals surface area contributed by atoms with Crippen molar-refractivity contribution in [3.8, 4) is 5.75 Å². The molecule has 0 spiro atoms. The second kappa shape index (κ2) is 6.96. The Morgan fingerprint density at radius 3 is 2.90 bits per heavy atom. The summed E-state index contributed by atoms with van der Waals surface area (Å²) in [5.74, 6) is 0.242. The van der Waals surface area contributed by atoms with E-state index in [-0.39, 0.29) is 5.97 Å². The largest absolute Gasteiger partial charge is 0.424 e. The lowest BCUT2D eigenvalue weighted by Gasteiger charge is -2.30. The third-order valence-corrected chi connectivity index (χ3v) is 3.11. The van der Waals surface area contributed by atoms with Gasteiger partial charge in [0.1, 0.15) is 0 Å². The maximum absolute atomic E-state index is 11.8. The molecule has 1 aromatic carbocycles. The van der Waals surface area contributed by atoms with Gasteiger partial charge in [0.2, 0.25) is 0 Å². The Morgan fingerprint density at radius 2 is 2.20 bits per heavy atom. The van der Waals surface area contributed by atoms with Gasteiger partial charge in [-0.2, -0.15) is 0 Å². The van der Waals surface area contributed by atoms with Crippen LogP contribution in [0.4, 0.5) is 11.4 Å². The first-order chi connectivity index (χ1) is 9.70. The summed E-state index contributed by atoms with van der Waals surface area (Å²) in [6, 6.07) is 5.39. The SMILES string of the molecule is C=CCCC(=O)Oc1cc(N)ccc1N1CCOCC1. The zero-order valence-corrected chi connectivity index (χ0v) is 11.5. The number of nitrogen functional groups attached to an aromatic ring is 1. The van der Waals surface area contributed by atoms with Gasteiger partial charge in [-0.05, 0) is 18.6 Å². The van der Waals surface area contributed by atoms with E-state index in [9.17, 15) is 4.79 Å². The quantitative estimate of drug-likeness (QED) is 0.385. The van der Waals surface area contributed by atoms with Gasteiger partial charge in [0.15, 0.2) is 5.75 Å². The molecule has 108 valence electrons. The summed E-state index contributed by atoms with van der Waals surface area (Å²) in [4.78, 5) is 13.9. The maximum atomic E-state index is 11.8. The Kier molecular flexibility index (Phi) is 5.01. The fraction of sp³-hybridized carbons (Fsp3) is 0.400. The van der Waals surface area contributed by atoms with Crippen LogP contribution in [0.1, 0.15) is 12.8 Å². The molecule has 0 saturated carbocycles. The summed E-state index contributed by atoms with van der Waals surface area (Å²) < 4.78 is 10.8. The fourth-order valence-corrected chi connectivity index (χ4v) is 2.07. The lowest BCUT2D eigenvalue weighted by molar-refractivity contribution is -0.134. The number of nitrogens with zero attached hydrogens (tertiary/aromatic N) is 1. The highest BCUT2D eigenvalue weighted by Gasteiger charge is 2.17. The summed E-state index contributed by atoms with van der Waals surface area (Å²) >= 11 is 0. The Labute approximate surface area is 119 Å². The summed E-state index contributed by atoms with van der Waals surface area (Å²) in [6.07, 6.45) is 2.62. The number of hydrogen-bond acceptors (Lipinski definition) is 5. The van der Waals surface area contributed by atoms with Crippen LogP contribution in [0.25, 0.3) is 0 Å². The second-order valence-corrected chi connectivity index (χ2v) is 4.63. The average molecular weight is 276 g/mol. The first-order valence-corrected chi connectivity index (χ1v) is 6.74. The third-order valence-electron chi connectivity index (χ3n) is 3.11. The van der Waals surface area contributed by atoms with Crippen molar-refractivity contribution in [2.75, 3.05) is 36.9 Å². The minimum absolute atomic E-state index is 0.273. The van der Waals surface area contributed by atoms with E-state index >= 15 is 0 Å². The van der Waals surface area contributed by atoms with Gasteiger partial charge < -0.3 is 20.1 Å². The molecule has 0 atom stereocenters. The predicted molar refractivity (Wildman–Crippen MR) is 79.0 cm³/mol. The van der Waals surface area contributed by atoms with Crippen LogP contribution >= 0.6 is 0 Å². The monoisotopic (exact) mass is 276 g/mol. The molecule has 5 heteroatoms. The second-order valence-electron chi connectivity index (χ2n) is 4.63. The van der Waals surface area contributed by atoms with Crippen molar-refractivity contribution >= 4 is 17.3 Å². The number of hydrogen-bond donors (Lipinski definition) is 1. The van der Waals surface area contributed by atoms with E-state index in [1.54, 1.807) is 12.1 Å². The molecule has 1 aromatic rings. The van der Waals surface area contributed by atoms with Crippen LogP contribution in [0.3, 0.4) is 0 Å². The van der Waals surface area contributed by atoms with Gasteiger partial charge in [-0.1, -0.05) is 6.08 Å². The zero-order chi connectivity index (χ0) is 14.4. The fourth-order valence-electron chi connectivity index (χ4n) is 2.07. The number of rotatable bonds is 5. The number of ether oxygens (including phenoxy) is 2. The summed E-state index contributed by atoms with van der Waals surface area (Å²) in [7, 11) is 0.